The highest BCUT2D eigenvalue weighted by Gasteiger charge is 2.28. The van der Waals surface area contributed by atoms with Gasteiger partial charge in [0.15, 0.2) is 0 Å². The summed E-state index contributed by atoms with van der Waals surface area (Å²) in [5.41, 5.74) is 4.08. The summed E-state index contributed by atoms with van der Waals surface area (Å²) in [5, 5.41) is 3.16. The third-order valence-corrected chi connectivity index (χ3v) is 5.73. The van der Waals surface area contributed by atoms with E-state index in [-0.39, 0.29) is 30.0 Å². The van der Waals surface area contributed by atoms with Crippen LogP contribution in [0.15, 0.2) is 42.5 Å². The van der Waals surface area contributed by atoms with Crippen LogP contribution in [0, 0.1) is 11.7 Å². The lowest BCUT2D eigenvalue weighted by atomic mass is 9.94. The second-order valence-corrected chi connectivity index (χ2v) is 7.61. The van der Waals surface area contributed by atoms with Gasteiger partial charge in [-0.1, -0.05) is 44.2 Å². The molecule has 1 N–H and O–H groups in total. The molecular formula is C24H29FN2O2. The number of hydrogen-bond acceptors (Lipinski definition) is 2. The zero-order valence-corrected chi connectivity index (χ0v) is 17.2. The van der Waals surface area contributed by atoms with Gasteiger partial charge in [0.1, 0.15) is 5.82 Å². The van der Waals surface area contributed by atoms with Crippen LogP contribution in [0.2, 0.25) is 0 Å². The fraction of sp³-hybridized carbons (Fsp3) is 0.417. The molecule has 0 aromatic heterocycles. The molecule has 0 unspecified atom stereocenters. The summed E-state index contributed by atoms with van der Waals surface area (Å²) in [7, 11) is 0. The van der Waals surface area contributed by atoms with Gasteiger partial charge in [0.2, 0.25) is 11.8 Å². The van der Waals surface area contributed by atoms with Crippen molar-refractivity contribution in [2.75, 3.05) is 18.4 Å². The second-order valence-electron chi connectivity index (χ2n) is 7.61. The topological polar surface area (TPSA) is 49.4 Å². The van der Waals surface area contributed by atoms with Crippen molar-refractivity contribution in [2.24, 2.45) is 5.92 Å². The number of anilines is 1. The lowest BCUT2D eigenvalue weighted by Crippen LogP contribution is -2.42. The summed E-state index contributed by atoms with van der Waals surface area (Å²) in [6.07, 6.45) is 3.34. The van der Waals surface area contributed by atoms with Crippen LogP contribution < -0.4 is 5.32 Å². The van der Waals surface area contributed by atoms with E-state index in [2.05, 4.69) is 31.3 Å². The summed E-state index contributed by atoms with van der Waals surface area (Å²) >= 11 is 0. The number of carbonyl (C=O) groups is 2. The number of amides is 2. The summed E-state index contributed by atoms with van der Waals surface area (Å²) < 4.78 is 13.0. The van der Waals surface area contributed by atoms with Crippen molar-refractivity contribution in [2.45, 2.75) is 46.0 Å². The molecule has 1 saturated heterocycles. The Morgan fingerprint density at radius 2 is 1.59 bits per heavy atom. The molecule has 5 heteroatoms. The molecule has 0 aliphatic carbocycles. The van der Waals surface area contributed by atoms with Crippen LogP contribution >= 0.6 is 0 Å². The van der Waals surface area contributed by atoms with E-state index in [1.54, 1.807) is 12.1 Å². The molecule has 3 rings (SSSR count). The number of benzene rings is 2. The van der Waals surface area contributed by atoms with Crippen LogP contribution in [0.1, 0.15) is 43.4 Å². The Labute approximate surface area is 172 Å². The van der Waals surface area contributed by atoms with E-state index < -0.39 is 0 Å². The normalized spacial score (nSPS) is 14.7. The van der Waals surface area contributed by atoms with Gasteiger partial charge in [-0.05, 0) is 54.5 Å². The SMILES string of the molecule is CCc1cccc(CC)c1NC(=O)C1CCN(C(=O)Cc2ccc(F)cc2)CC1. The van der Waals surface area contributed by atoms with E-state index in [0.29, 0.717) is 25.9 Å². The first-order valence-corrected chi connectivity index (χ1v) is 10.5. The minimum Gasteiger partial charge on any atom is -0.342 e. The van der Waals surface area contributed by atoms with Crippen molar-refractivity contribution in [3.63, 3.8) is 0 Å². The first kappa shape index (κ1) is 21.0. The number of carbonyl (C=O) groups excluding carboxylic acids is 2. The average molecular weight is 397 g/mol. The highest BCUT2D eigenvalue weighted by Crippen LogP contribution is 2.25. The number of rotatable bonds is 6. The van der Waals surface area contributed by atoms with Crippen LogP contribution in [0.3, 0.4) is 0 Å². The van der Waals surface area contributed by atoms with Gasteiger partial charge in [-0.2, -0.15) is 0 Å². The molecule has 0 saturated carbocycles. The predicted octanol–water partition coefficient (Wildman–Crippen LogP) is 4.37. The number of nitrogens with zero attached hydrogens (tertiary/aromatic N) is 1. The molecular weight excluding hydrogens is 367 g/mol. The van der Waals surface area contributed by atoms with Crippen LogP contribution in [0.4, 0.5) is 10.1 Å². The number of nitrogens with one attached hydrogen (secondary N) is 1. The highest BCUT2D eigenvalue weighted by molar-refractivity contribution is 5.94. The van der Waals surface area contributed by atoms with E-state index in [0.717, 1.165) is 35.2 Å². The lowest BCUT2D eigenvalue weighted by Gasteiger charge is -2.31. The van der Waals surface area contributed by atoms with Gasteiger partial charge >= 0.3 is 0 Å². The Morgan fingerprint density at radius 1 is 1.00 bits per heavy atom. The molecule has 2 aromatic rings. The molecule has 1 fully saturated rings. The summed E-state index contributed by atoms with van der Waals surface area (Å²) in [6, 6.07) is 12.2. The molecule has 4 nitrogen and oxygen atoms in total. The second kappa shape index (κ2) is 9.68. The Morgan fingerprint density at radius 3 is 2.14 bits per heavy atom. The number of piperidine rings is 1. The highest BCUT2D eigenvalue weighted by atomic mass is 19.1. The van der Waals surface area contributed by atoms with Crippen molar-refractivity contribution in [3.05, 3.63) is 65.0 Å². The standard InChI is InChI=1S/C24H29FN2O2/c1-3-18-6-5-7-19(4-2)23(18)26-24(29)20-12-14-27(15-13-20)22(28)16-17-8-10-21(25)11-9-17/h5-11,20H,3-4,12-16H2,1-2H3,(H,26,29). The summed E-state index contributed by atoms with van der Waals surface area (Å²) in [5.74, 6) is -0.310. The Balaban J connectivity index is 1.56. The first-order chi connectivity index (χ1) is 14.0. The molecule has 1 aliphatic heterocycles. The van der Waals surface area contributed by atoms with E-state index in [4.69, 9.17) is 0 Å². The predicted molar refractivity (Wildman–Crippen MR) is 113 cm³/mol. The quantitative estimate of drug-likeness (QED) is 0.788. The fourth-order valence-corrected chi connectivity index (χ4v) is 3.91. The molecule has 0 atom stereocenters. The molecule has 1 aliphatic rings. The average Bonchev–Trinajstić information content (AvgIpc) is 2.75. The van der Waals surface area contributed by atoms with Crippen LogP contribution in [-0.2, 0) is 28.9 Å². The number of hydrogen-bond donors (Lipinski definition) is 1. The number of aryl methyl sites for hydroxylation is 2. The van der Waals surface area contributed by atoms with Crippen molar-refractivity contribution in [3.8, 4) is 0 Å². The maximum absolute atomic E-state index is 13.0. The van der Waals surface area contributed by atoms with Gasteiger partial charge in [-0.3, -0.25) is 9.59 Å². The molecule has 0 spiro atoms. The number of likely N-dealkylation sites (tertiary alicyclic amines) is 1. The van der Waals surface area contributed by atoms with Gasteiger partial charge in [-0.15, -0.1) is 0 Å². The maximum Gasteiger partial charge on any atom is 0.227 e. The van der Waals surface area contributed by atoms with Crippen LogP contribution in [-0.4, -0.2) is 29.8 Å². The lowest BCUT2D eigenvalue weighted by molar-refractivity contribution is -0.133. The first-order valence-electron chi connectivity index (χ1n) is 10.5. The van der Waals surface area contributed by atoms with E-state index >= 15 is 0 Å². The number of para-hydroxylation sites is 1. The van der Waals surface area contributed by atoms with Crippen molar-refractivity contribution in [1.29, 1.82) is 0 Å². The Kier molecular flexibility index (Phi) is 7.02. The van der Waals surface area contributed by atoms with E-state index in [9.17, 15) is 14.0 Å². The fourth-order valence-electron chi connectivity index (χ4n) is 3.91. The Bertz CT molecular complexity index is 833. The summed E-state index contributed by atoms with van der Waals surface area (Å²) in [4.78, 5) is 27.2. The van der Waals surface area contributed by atoms with Gasteiger partial charge in [0, 0.05) is 24.7 Å². The van der Waals surface area contributed by atoms with Gasteiger partial charge in [0.05, 0.1) is 6.42 Å². The zero-order chi connectivity index (χ0) is 20.8. The Hall–Kier alpha value is -2.69. The monoisotopic (exact) mass is 396 g/mol. The van der Waals surface area contributed by atoms with E-state index in [1.807, 2.05) is 11.0 Å². The molecule has 154 valence electrons. The van der Waals surface area contributed by atoms with Crippen LogP contribution in [0.25, 0.3) is 0 Å². The van der Waals surface area contributed by atoms with Crippen molar-refractivity contribution >= 4 is 17.5 Å². The molecule has 1 heterocycles. The minimum atomic E-state index is -0.302. The summed E-state index contributed by atoms with van der Waals surface area (Å²) in [6.45, 7) is 5.34. The van der Waals surface area contributed by atoms with Gasteiger partial charge < -0.3 is 10.2 Å². The van der Waals surface area contributed by atoms with Crippen molar-refractivity contribution < 1.29 is 14.0 Å². The number of halogens is 1. The minimum absolute atomic E-state index is 0.0278. The van der Waals surface area contributed by atoms with E-state index in [1.165, 1.54) is 12.1 Å². The molecule has 0 radical (unpaired) electrons. The zero-order valence-electron chi connectivity index (χ0n) is 17.2. The molecule has 0 bridgehead atoms. The molecule has 2 amide bonds. The largest absolute Gasteiger partial charge is 0.342 e. The van der Waals surface area contributed by atoms with Crippen LogP contribution in [0.5, 0.6) is 0 Å². The van der Waals surface area contributed by atoms with Gasteiger partial charge in [0.25, 0.3) is 0 Å². The maximum atomic E-state index is 13.0. The van der Waals surface area contributed by atoms with Crippen molar-refractivity contribution in [1.82, 2.24) is 4.90 Å². The smallest absolute Gasteiger partial charge is 0.227 e. The molecule has 2 aromatic carbocycles. The third-order valence-electron chi connectivity index (χ3n) is 5.73. The molecule has 29 heavy (non-hydrogen) atoms. The third kappa shape index (κ3) is 5.22. The van der Waals surface area contributed by atoms with Gasteiger partial charge in [-0.25, -0.2) is 4.39 Å².